The topological polar surface area (TPSA) is 32.8 Å². The Hall–Kier alpha value is -1.33. The van der Waals surface area contributed by atoms with Crippen LogP contribution in [0.3, 0.4) is 0 Å². The lowest BCUT2D eigenvalue weighted by Gasteiger charge is -2.22. The second-order valence-corrected chi connectivity index (χ2v) is 6.73. The Labute approximate surface area is 142 Å². The first-order chi connectivity index (χ1) is 11.0. The number of carbonyl (C=O) groups excluding carboxylic acids is 1. The summed E-state index contributed by atoms with van der Waals surface area (Å²) >= 11 is 6.09. The first-order valence-corrected chi connectivity index (χ1v) is 8.41. The molecule has 2 rings (SSSR count). The molecule has 1 aliphatic heterocycles. The standard InChI is InChI=1S/C17H24ClFN2O2/c1-13(2)12-23-17(22)21-7-3-6-20(8-9-21)11-14-4-5-15(19)10-16(14)18/h4-5,10,13H,3,6-9,11-12H2,1-2H3. The first-order valence-electron chi connectivity index (χ1n) is 8.03. The second kappa shape index (κ2) is 8.50. The second-order valence-electron chi connectivity index (χ2n) is 6.32. The van der Waals surface area contributed by atoms with Gasteiger partial charge in [0.05, 0.1) is 6.61 Å². The van der Waals surface area contributed by atoms with Crippen molar-refractivity contribution >= 4 is 17.7 Å². The molecule has 1 aliphatic rings. The molecule has 0 spiro atoms. The van der Waals surface area contributed by atoms with E-state index >= 15 is 0 Å². The van der Waals surface area contributed by atoms with E-state index in [4.69, 9.17) is 16.3 Å². The minimum atomic E-state index is -0.325. The third-order valence-corrected chi connectivity index (χ3v) is 4.15. The van der Waals surface area contributed by atoms with E-state index in [1.54, 1.807) is 11.0 Å². The van der Waals surface area contributed by atoms with Crippen molar-refractivity contribution in [2.75, 3.05) is 32.8 Å². The van der Waals surface area contributed by atoms with E-state index in [9.17, 15) is 9.18 Å². The summed E-state index contributed by atoms with van der Waals surface area (Å²) in [6.45, 7) is 8.11. The van der Waals surface area contributed by atoms with Gasteiger partial charge in [0.25, 0.3) is 0 Å². The fourth-order valence-corrected chi connectivity index (χ4v) is 2.76. The number of ether oxygens (including phenoxy) is 1. The number of nitrogens with zero attached hydrogens (tertiary/aromatic N) is 2. The van der Waals surface area contributed by atoms with Gasteiger partial charge < -0.3 is 9.64 Å². The van der Waals surface area contributed by atoms with Gasteiger partial charge in [-0.3, -0.25) is 4.90 Å². The Bertz CT molecular complexity index is 539. The van der Waals surface area contributed by atoms with Crippen molar-refractivity contribution in [3.63, 3.8) is 0 Å². The number of hydrogen-bond acceptors (Lipinski definition) is 3. The molecule has 0 unspecified atom stereocenters. The lowest BCUT2D eigenvalue weighted by atomic mass is 10.2. The Kier molecular flexibility index (Phi) is 6.66. The first kappa shape index (κ1) is 18.0. The maximum absolute atomic E-state index is 13.1. The average molecular weight is 343 g/mol. The highest BCUT2D eigenvalue weighted by Crippen LogP contribution is 2.20. The van der Waals surface area contributed by atoms with Gasteiger partial charge in [0.2, 0.25) is 0 Å². The normalized spacial score (nSPS) is 16.5. The molecule has 1 saturated heterocycles. The highest BCUT2D eigenvalue weighted by atomic mass is 35.5. The van der Waals surface area contributed by atoms with Crippen molar-refractivity contribution in [1.82, 2.24) is 9.80 Å². The Balaban J connectivity index is 1.87. The van der Waals surface area contributed by atoms with Crippen molar-refractivity contribution in [3.05, 3.63) is 34.6 Å². The van der Waals surface area contributed by atoms with E-state index in [-0.39, 0.29) is 11.9 Å². The van der Waals surface area contributed by atoms with E-state index in [0.717, 1.165) is 25.1 Å². The largest absolute Gasteiger partial charge is 0.449 e. The van der Waals surface area contributed by atoms with Crippen LogP contribution in [0.4, 0.5) is 9.18 Å². The maximum atomic E-state index is 13.1. The molecule has 0 aliphatic carbocycles. The number of carbonyl (C=O) groups is 1. The molecular weight excluding hydrogens is 319 g/mol. The SMILES string of the molecule is CC(C)COC(=O)N1CCCN(Cc2ccc(F)cc2Cl)CC1. The number of halogens is 2. The number of amides is 1. The molecule has 0 aromatic heterocycles. The molecule has 1 heterocycles. The molecule has 1 aromatic carbocycles. The van der Waals surface area contributed by atoms with Crippen LogP contribution >= 0.6 is 11.6 Å². The van der Waals surface area contributed by atoms with Gasteiger partial charge >= 0.3 is 6.09 Å². The summed E-state index contributed by atoms with van der Waals surface area (Å²) in [5.74, 6) is 0.0109. The molecule has 0 N–H and O–H groups in total. The van der Waals surface area contributed by atoms with Gasteiger partial charge in [-0.05, 0) is 30.0 Å². The molecule has 1 fully saturated rings. The van der Waals surface area contributed by atoms with Crippen LogP contribution in [0.15, 0.2) is 18.2 Å². The van der Waals surface area contributed by atoms with Gasteiger partial charge in [0, 0.05) is 37.7 Å². The molecule has 1 amide bonds. The van der Waals surface area contributed by atoms with Crippen molar-refractivity contribution in [1.29, 1.82) is 0 Å². The molecular formula is C17H24ClFN2O2. The molecule has 0 bridgehead atoms. The average Bonchev–Trinajstić information content (AvgIpc) is 2.73. The Morgan fingerprint density at radius 2 is 2.09 bits per heavy atom. The van der Waals surface area contributed by atoms with Crippen LogP contribution in [0.2, 0.25) is 5.02 Å². The summed E-state index contributed by atoms with van der Waals surface area (Å²) in [5.41, 5.74) is 0.906. The minimum absolute atomic E-state index is 0.236. The molecule has 23 heavy (non-hydrogen) atoms. The van der Waals surface area contributed by atoms with Gasteiger partial charge in [-0.1, -0.05) is 31.5 Å². The summed E-state index contributed by atoms with van der Waals surface area (Å²) < 4.78 is 18.4. The number of hydrogen-bond donors (Lipinski definition) is 0. The van der Waals surface area contributed by atoms with Crippen molar-refractivity contribution in [3.8, 4) is 0 Å². The highest BCUT2D eigenvalue weighted by molar-refractivity contribution is 6.31. The molecule has 0 saturated carbocycles. The molecule has 1 aromatic rings. The fraction of sp³-hybridized carbons (Fsp3) is 0.588. The number of rotatable bonds is 4. The predicted octanol–water partition coefficient (Wildman–Crippen LogP) is 3.78. The van der Waals surface area contributed by atoms with Crippen LogP contribution in [0, 0.1) is 11.7 Å². The van der Waals surface area contributed by atoms with Gasteiger partial charge in [-0.15, -0.1) is 0 Å². The Morgan fingerprint density at radius 1 is 1.30 bits per heavy atom. The predicted molar refractivity (Wildman–Crippen MR) is 89.1 cm³/mol. The van der Waals surface area contributed by atoms with Crippen LogP contribution in [-0.4, -0.2) is 48.7 Å². The van der Waals surface area contributed by atoms with Crippen molar-refractivity contribution < 1.29 is 13.9 Å². The summed E-state index contributed by atoms with van der Waals surface area (Å²) in [4.78, 5) is 16.0. The van der Waals surface area contributed by atoms with Crippen LogP contribution in [0.1, 0.15) is 25.8 Å². The van der Waals surface area contributed by atoms with Gasteiger partial charge in [-0.25, -0.2) is 9.18 Å². The van der Waals surface area contributed by atoms with E-state index in [1.165, 1.54) is 12.1 Å². The van der Waals surface area contributed by atoms with Gasteiger partial charge in [0.15, 0.2) is 0 Å². The van der Waals surface area contributed by atoms with E-state index in [1.807, 2.05) is 13.8 Å². The molecule has 4 nitrogen and oxygen atoms in total. The van der Waals surface area contributed by atoms with Crippen LogP contribution in [0.25, 0.3) is 0 Å². The Morgan fingerprint density at radius 3 is 2.78 bits per heavy atom. The van der Waals surface area contributed by atoms with Crippen LogP contribution < -0.4 is 0 Å². The minimum Gasteiger partial charge on any atom is -0.449 e. The number of benzene rings is 1. The van der Waals surface area contributed by atoms with Gasteiger partial charge in [0.1, 0.15) is 5.82 Å². The summed E-state index contributed by atoms with van der Waals surface area (Å²) in [7, 11) is 0. The lowest BCUT2D eigenvalue weighted by Crippen LogP contribution is -2.36. The molecule has 0 radical (unpaired) electrons. The smallest absolute Gasteiger partial charge is 0.409 e. The third-order valence-electron chi connectivity index (χ3n) is 3.80. The zero-order valence-electron chi connectivity index (χ0n) is 13.7. The summed E-state index contributed by atoms with van der Waals surface area (Å²) in [5, 5.41) is 0.447. The summed E-state index contributed by atoms with van der Waals surface area (Å²) in [6.07, 6.45) is 0.649. The maximum Gasteiger partial charge on any atom is 0.409 e. The monoisotopic (exact) mass is 342 g/mol. The lowest BCUT2D eigenvalue weighted by molar-refractivity contribution is 0.0930. The van der Waals surface area contributed by atoms with Crippen molar-refractivity contribution in [2.24, 2.45) is 5.92 Å². The quantitative estimate of drug-likeness (QED) is 0.834. The van der Waals surface area contributed by atoms with E-state index in [0.29, 0.717) is 37.2 Å². The van der Waals surface area contributed by atoms with Crippen molar-refractivity contribution in [2.45, 2.75) is 26.8 Å². The highest BCUT2D eigenvalue weighted by Gasteiger charge is 2.21. The zero-order chi connectivity index (χ0) is 16.8. The summed E-state index contributed by atoms with van der Waals surface area (Å²) in [6, 6.07) is 4.48. The molecule has 0 atom stereocenters. The van der Waals surface area contributed by atoms with E-state index in [2.05, 4.69) is 4.90 Å². The zero-order valence-corrected chi connectivity index (χ0v) is 14.5. The van der Waals surface area contributed by atoms with E-state index < -0.39 is 0 Å². The third kappa shape index (κ3) is 5.66. The molecule has 6 heteroatoms. The fourth-order valence-electron chi connectivity index (χ4n) is 2.53. The van der Waals surface area contributed by atoms with Crippen LogP contribution in [0.5, 0.6) is 0 Å². The molecule has 128 valence electrons. The van der Waals surface area contributed by atoms with Gasteiger partial charge in [-0.2, -0.15) is 0 Å². The van der Waals surface area contributed by atoms with Crippen LogP contribution in [-0.2, 0) is 11.3 Å².